The second-order valence-electron chi connectivity index (χ2n) is 4.27. The Kier molecular flexibility index (Phi) is 5.47. The van der Waals surface area contributed by atoms with Crippen molar-refractivity contribution in [1.29, 1.82) is 0 Å². The van der Waals surface area contributed by atoms with Crippen LogP contribution in [0, 0.1) is 5.92 Å². The smallest absolute Gasteiger partial charge is 0.0894 e. The predicted molar refractivity (Wildman–Crippen MR) is 52.1 cm³/mol. The van der Waals surface area contributed by atoms with Crippen LogP contribution in [0.5, 0.6) is 0 Å². The van der Waals surface area contributed by atoms with Crippen LogP contribution >= 0.6 is 0 Å². The molecule has 0 aromatic rings. The number of rotatable bonds is 6. The highest BCUT2D eigenvalue weighted by atomic mass is 19.1. The Morgan fingerprint density at radius 1 is 1.42 bits per heavy atom. The molecule has 0 aromatic heterocycles. The fourth-order valence-electron chi connectivity index (χ4n) is 1.50. The average molecular weight is 175 g/mol. The minimum Gasteiger partial charge on any atom is -0.315 e. The van der Waals surface area contributed by atoms with Gasteiger partial charge in [0.25, 0.3) is 0 Å². The first kappa shape index (κ1) is 11.9. The van der Waals surface area contributed by atoms with Gasteiger partial charge in [0.15, 0.2) is 0 Å². The number of hydrogen-bond donors (Lipinski definition) is 1. The minimum absolute atomic E-state index is 0.176. The van der Waals surface area contributed by atoms with Crippen LogP contribution in [0.1, 0.15) is 40.0 Å². The number of nitrogens with one attached hydrogen (secondary N) is 1. The largest absolute Gasteiger partial charge is 0.315 e. The molecular weight excluding hydrogens is 153 g/mol. The summed E-state index contributed by atoms with van der Waals surface area (Å²) in [5.41, 5.74) is 0.190. The first-order valence-corrected chi connectivity index (χ1v) is 4.76. The van der Waals surface area contributed by atoms with Gasteiger partial charge < -0.3 is 5.32 Å². The number of hydrogen-bond acceptors (Lipinski definition) is 1. The Bertz CT molecular complexity index is 112. The lowest BCUT2D eigenvalue weighted by Crippen LogP contribution is -2.37. The number of halogens is 1. The Morgan fingerprint density at radius 3 is 2.42 bits per heavy atom. The van der Waals surface area contributed by atoms with E-state index in [2.05, 4.69) is 26.1 Å². The van der Waals surface area contributed by atoms with Gasteiger partial charge in [0.2, 0.25) is 0 Å². The van der Waals surface area contributed by atoms with Crippen molar-refractivity contribution in [2.45, 2.75) is 45.6 Å². The molecule has 0 radical (unpaired) electrons. The van der Waals surface area contributed by atoms with Gasteiger partial charge >= 0.3 is 0 Å². The molecule has 0 aromatic carbocycles. The van der Waals surface area contributed by atoms with Crippen LogP contribution < -0.4 is 5.32 Å². The van der Waals surface area contributed by atoms with E-state index in [1.54, 1.807) is 0 Å². The molecule has 0 heterocycles. The predicted octanol–water partition coefficient (Wildman–Crippen LogP) is 2.76. The third-order valence-electron chi connectivity index (χ3n) is 2.37. The van der Waals surface area contributed by atoms with E-state index >= 15 is 0 Å². The van der Waals surface area contributed by atoms with Crippen molar-refractivity contribution in [3.8, 4) is 0 Å². The van der Waals surface area contributed by atoms with E-state index in [-0.39, 0.29) is 12.2 Å². The first-order chi connectivity index (χ1) is 5.52. The Hall–Kier alpha value is -0.110. The summed E-state index contributed by atoms with van der Waals surface area (Å²) in [6.07, 6.45) is 2.83. The standard InChI is InChI=1S/C10H22FN/c1-9(6-5-7-11)8-10(2,3)12-4/h9,12H,5-8H2,1-4H3. The summed E-state index contributed by atoms with van der Waals surface area (Å²) < 4.78 is 11.9. The zero-order valence-electron chi connectivity index (χ0n) is 8.78. The molecule has 0 aliphatic carbocycles. The van der Waals surface area contributed by atoms with Gasteiger partial charge in [-0.25, -0.2) is 0 Å². The molecule has 0 saturated heterocycles. The molecule has 1 nitrogen and oxygen atoms in total. The summed E-state index contributed by atoms with van der Waals surface area (Å²) in [5.74, 6) is 0.614. The summed E-state index contributed by atoms with van der Waals surface area (Å²) in [6, 6.07) is 0. The van der Waals surface area contributed by atoms with E-state index < -0.39 is 0 Å². The second kappa shape index (κ2) is 5.52. The fourth-order valence-corrected chi connectivity index (χ4v) is 1.50. The van der Waals surface area contributed by atoms with Crippen LogP contribution in [0.2, 0.25) is 0 Å². The van der Waals surface area contributed by atoms with Crippen molar-refractivity contribution < 1.29 is 4.39 Å². The van der Waals surface area contributed by atoms with Crippen LogP contribution in [-0.4, -0.2) is 19.3 Å². The molecule has 0 aliphatic rings. The lowest BCUT2D eigenvalue weighted by Gasteiger charge is -2.27. The zero-order valence-corrected chi connectivity index (χ0v) is 8.78. The Labute approximate surface area is 75.7 Å². The molecule has 2 heteroatoms. The molecule has 0 bridgehead atoms. The van der Waals surface area contributed by atoms with E-state index in [0.29, 0.717) is 12.3 Å². The van der Waals surface area contributed by atoms with Gasteiger partial charge in [-0.1, -0.05) is 6.92 Å². The maximum atomic E-state index is 11.9. The molecule has 0 saturated carbocycles. The van der Waals surface area contributed by atoms with Gasteiger partial charge in [0, 0.05) is 5.54 Å². The Balaban J connectivity index is 3.60. The van der Waals surface area contributed by atoms with Crippen LogP contribution in [0.15, 0.2) is 0 Å². The van der Waals surface area contributed by atoms with Gasteiger partial charge in [0.1, 0.15) is 0 Å². The maximum Gasteiger partial charge on any atom is 0.0894 e. The zero-order chi connectivity index (χ0) is 9.61. The number of alkyl halides is 1. The van der Waals surface area contributed by atoms with Gasteiger partial charge in [0.05, 0.1) is 6.67 Å². The molecule has 1 unspecified atom stereocenters. The van der Waals surface area contributed by atoms with Crippen LogP contribution in [0.4, 0.5) is 4.39 Å². The van der Waals surface area contributed by atoms with E-state index in [4.69, 9.17) is 0 Å². The lowest BCUT2D eigenvalue weighted by atomic mass is 9.89. The quantitative estimate of drug-likeness (QED) is 0.654. The van der Waals surface area contributed by atoms with Gasteiger partial charge in [-0.2, -0.15) is 0 Å². The molecule has 0 aliphatic heterocycles. The third kappa shape index (κ3) is 5.53. The normalized spacial score (nSPS) is 14.8. The van der Waals surface area contributed by atoms with Crippen molar-refractivity contribution in [3.05, 3.63) is 0 Å². The summed E-state index contributed by atoms with van der Waals surface area (Å²) >= 11 is 0. The van der Waals surface area contributed by atoms with Crippen molar-refractivity contribution in [2.75, 3.05) is 13.7 Å². The summed E-state index contributed by atoms with van der Waals surface area (Å²) in [4.78, 5) is 0. The molecule has 1 atom stereocenters. The van der Waals surface area contributed by atoms with E-state index in [9.17, 15) is 4.39 Å². The average Bonchev–Trinajstić information content (AvgIpc) is 2.00. The molecule has 1 N–H and O–H groups in total. The monoisotopic (exact) mass is 175 g/mol. The second-order valence-corrected chi connectivity index (χ2v) is 4.27. The summed E-state index contributed by atoms with van der Waals surface area (Å²) in [5, 5.41) is 3.25. The summed E-state index contributed by atoms with van der Waals surface area (Å²) in [7, 11) is 1.97. The topological polar surface area (TPSA) is 12.0 Å². The minimum atomic E-state index is -0.176. The van der Waals surface area contributed by atoms with Crippen LogP contribution in [0.3, 0.4) is 0 Å². The van der Waals surface area contributed by atoms with E-state index in [1.165, 1.54) is 0 Å². The summed E-state index contributed by atoms with van der Waals surface area (Å²) in [6.45, 7) is 6.37. The molecular formula is C10H22FN. The highest BCUT2D eigenvalue weighted by molar-refractivity contribution is 4.77. The fraction of sp³-hybridized carbons (Fsp3) is 1.00. The molecule has 12 heavy (non-hydrogen) atoms. The van der Waals surface area contributed by atoms with Crippen molar-refractivity contribution in [2.24, 2.45) is 5.92 Å². The molecule has 0 rings (SSSR count). The molecule has 74 valence electrons. The van der Waals surface area contributed by atoms with Crippen LogP contribution in [0.25, 0.3) is 0 Å². The molecule has 0 amide bonds. The maximum absolute atomic E-state index is 11.9. The highest BCUT2D eigenvalue weighted by Gasteiger charge is 2.17. The van der Waals surface area contributed by atoms with Crippen molar-refractivity contribution >= 4 is 0 Å². The molecule has 0 spiro atoms. The lowest BCUT2D eigenvalue weighted by molar-refractivity contribution is 0.304. The van der Waals surface area contributed by atoms with Crippen LogP contribution in [-0.2, 0) is 0 Å². The van der Waals surface area contributed by atoms with Crippen molar-refractivity contribution in [1.82, 2.24) is 5.32 Å². The van der Waals surface area contributed by atoms with Crippen molar-refractivity contribution in [3.63, 3.8) is 0 Å². The third-order valence-corrected chi connectivity index (χ3v) is 2.37. The SMILES string of the molecule is CNC(C)(C)CC(C)CCCF. The Morgan fingerprint density at radius 2 is 2.00 bits per heavy atom. The van der Waals surface area contributed by atoms with E-state index in [0.717, 1.165) is 12.8 Å². The molecule has 0 fully saturated rings. The van der Waals surface area contributed by atoms with Gasteiger partial charge in [-0.3, -0.25) is 4.39 Å². The van der Waals surface area contributed by atoms with Gasteiger partial charge in [-0.15, -0.1) is 0 Å². The highest BCUT2D eigenvalue weighted by Crippen LogP contribution is 2.19. The van der Waals surface area contributed by atoms with E-state index in [1.807, 2.05) is 7.05 Å². The van der Waals surface area contributed by atoms with Gasteiger partial charge in [-0.05, 0) is 46.1 Å². The first-order valence-electron chi connectivity index (χ1n) is 4.76.